The number of carbonyl (C=O) groups is 3. The topological polar surface area (TPSA) is 81.8 Å². The molecular formula is C21H21Cl3N4O3. The minimum Gasteiger partial charge on any atom is -0.343 e. The Morgan fingerprint density at radius 2 is 1.61 bits per heavy atom. The third kappa shape index (κ3) is 6.58. The molecule has 7 nitrogen and oxygen atoms in total. The smallest absolute Gasteiger partial charge is 0.253 e. The average Bonchev–Trinajstić information content (AvgIpc) is 2.74. The number of benzene rings is 2. The Balaban J connectivity index is 1.41. The number of halogens is 3. The van der Waals surface area contributed by atoms with Crippen LogP contribution in [-0.2, 0) is 9.59 Å². The van der Waals surface area contributed by atoms with Crippen molar-refractivity contribution in [3.8, 4) is 0 Å². The van der Waals surface area contributed by atoms with Crippen LogP contribution in [0.5, 0.6) is 0 Å². The molecule has 3 rings (SSSR count). The first-order chi connectivity index (χ1) is 14.8. The van der Waals surface area contributed by atoms with E-state index in [9.17, 15) is 14.4 Å². The van der Waals surface area contributed by atoms with Gasteiger partial charge in [0.2, 0.25) is 11.8 Å². The lowest BCUT2D eigenvalue weighted by molar-refractivity contribution is -0.132. The first-order valence-electron chi connectivity index (χ1n) is 9.61. The van der Waals surface area contributed by atoms with E-state index >= 15 is 0 Å². The van der Waals surface area contributed by atoms with E-state index in [1.165, 1.54) is 12.1 Å². The third-order valence-corrected chi connectivity index (χ3v) is 5.69. The SMILES string of the molecule is O=C(CN1CCN(C(=O)CNC(=O)c2ccc(Cl)cc2Cl)CC1)Nc1ccccc1Cl. The van der Waals surface area contributed by atoms with Gasteiger partial charge in [0.25, 0.3) is 5.91 Å². The molecule has 0 spiro atoms. The van der Waals surface area contributed by atoms with Gasteiger partial charge in [-0.15, -0.1) is 0 Å². The molecule has 1 heterocycles. The molecule has 1 aliphatic heterocycles. The minimum atomic E-state index is -0.440. The van der Waals surface area contributed by atoms with Crippen LogP contribution in [0.25, 0.3) is 0 Å². The van der Waals surface area contributed by atoms with Crippen LogP contribution in [0, 0.1) is 0 Å². The van der Waals surface area contributed by atoms with Crippen molar-refractivity contribution in [1.82, 2.24) is 15.1 Å². The molecule has 0 atom stereocenters. The number of para-hydroxylation sites is 1. The maximum absolute atomic E-state index is 12.4. The fourth-order valence-corrected chi connectivity index (χ4v) is 3.82. The highest BCUT2D eigenvalue weighted by Crippen LogP contribution is 2.21. The van der Waals surface area contributed by atoms with E-state index in [1.54, 1.807) is 35.2 Å². The predicted molar refractivity (Wildman–Crippen MR) is 122 cm³/mol. The zero-order chi connectivity index (χ0) is 22.4. The van der Waals surface area contributed by atoms with E-state index in [2.05, 4.69) is 10.6 Å². The quantitative estimate of drug-likeness (QED) is 0.661. The summed E-state index contributed by atoms with van der Waals surface area (Å²) in [5.74, 6) is -0.802. The summed E-state index contributed by atoms with van der Waals surface area (Å²) in [5.41, 5.74) is 0.827. The summed E-state index contributed by atoms with van der Waals surface area (Å²) in [6.07, 6.45) is 0. The van der Waals surface area contributed by atoms with Crippen molar-refractivity contribution in [2.75, 3.05) is 44.6 Å². The lowest BCUT2D eigenvalue weighted by Gasteiger charge is -2.34. The monoisotopic (exact) mass is 482 g/mol. The number of hydrogen-bond acceptors (Lipinski definition) is 4. The fourth-order valence-electron chi connectivity index (χ4n) is 3.15. The summed E-state index contributed by atoms with van der Waals surface area (Å²) >= 11 is 17.9. The summed E-state index contributed by atoms with van der Waals surface area (Å²) in [6.45, 7) is 2.12. The number of nitrogens with zero attached hydrogens (tertiary/aromatic N) is 2. The summed E-state index contributed by atoms with van der Waals surface area (Å²) in [7, 11) is 0. The van der Waals surface area contributed by atoms with Crippen molar-refractivity contribution in [3.63, 3.8) is 0 Å². The Labute approximate surface area is 195 Å². The van der Waals surface area contributed by atoms with E-state index < -0.39 is 5.91 Å². The molecule has 2 N–H and O–H groups in total. The first kappa shape index (κ1) is 23.3. The Morgan fingerprint density at radius 1 is 0.903 bits per heavy atom. The van der Waals surface area contributed by atoms with Crippen molar-refractivity contribution in [1.29, 1.82) is 0 Å². The Kier molecular flexibility index (Phi) is 8.15. The van der Waals surface area contributed by atoms with Crippen LogP contribution in [0.3, 0.4) is 0 Å². The van der Waals surface area contributed by atoms with Crippen LogP contribution >= 0.6 is 34.8 Å². The van der Waals surface area contributed by atoms with E-state index in [-0.39, 0.29) is 35.5 Å². The van der Waals surface area contributed by atoms with Gasteiger partial charge in [-0.05, 0) is 30.3 Å². The van der Waals surface area contributed by atoms with Gasteiger partial charge in [-0.1, -0.05) is 46.9 Å². The molecule has 2 aromatic rings. The number of piperazine rings is 1. The summed E-state index contributed by atoms with van der Waals surface area (Å²) in [6, 6.07) is 11.6. The highest BCUT2D eigenvalue weighted by molar-refractivity contribution is 6.36. The molecule has 31 heavy (non-hydrogen) atoms. The third-order valence-electron chi connectivity index (χ3n) is 4.82. The summed E-state index contributed by atoms with van der Waals surface area (Å²) < 4.78 is 0. The Bertz CT molecular complexity index is 978. The molecule has 1 aliphatic rings. The van der Waals surface area contributed by atoms with E-state index in [0.29, 0.717) is 41.9 Å². The highest BCUT2D eigenvalue weighted by Gasteiger charge is 2.23. The number of anilines is 1. The largest absolute Gasteiger partial charge is 0.343 e. The van der Waals surface area contributed by atoms with Gasteiger partial charge in [0.05, 0.1) is 34.4 Å². The number of carbonyl (C=O) groups excluding carboxylic acids is 3. The molecule has 1 saturated heterocycles. The lowest BCUT2D eigenvalue weighted by atomic mass is 10.2. The molecule has 3 amide bonds. The van der Waals surface area contributed by atoms with Gasteiger partial charge in [0.15, 0.2) is 0 Å². The van der Waals surface area contributed by atoms with Gasteiger partial charge in [0, 0.05) is 31.2 Å². The summed E-state index contributed by atoms with van der Waals surface area (Å²) in [4.78, 5) is 40.5. The van der Waals surface area contributed by atoms with Gasteiger partial charge in [-0.3, -0.25) is 19.3 Å². The van der Waals surface area contributed by atoms with Gasteiger partial charge in [-0.2, -0.15) is 0 Å². The standard InChI is InChI=1S/C21H21Cl3N4O3/c22-14-5-6-15(17(24)11-14)21(31)25-12-20(30)28-9-7-27(8-10-28)13-19(29)26-18-4-2-1-3-16(18)23/h1-6,11H,7-10,12-13H2,(H,25,31)(H,26,29). The molecule has 0 aromatic heterocycles. The second-order valence-corrected chi connectivity index (χ2v) is 8.24. The number of hydrogen-bond donors (Lipinski definition) is 2. The molecule has 1 fully saturated rings. The van der Waals surface area contributed by atoms with Gasteiger partial charge in [-0.25, -0.2) is 0 Å². The fraction of sp³-hybridized carbons (Fsp3) is 0.286. The molecule has 0 radical (unpaired) electrons. The maximum atomic E-state index is 12.4. The zero-order valence-electron chi connectivity index (χ0n) is 16.5. The molecular weight excluding hydrogens is 463 g/mol. The molecule has 10 heteroatoms. The van der Waals surface area contributed by atoms with Crippen molar-refractivity contribution in [3.05, 3.63) is 63.1 Å². The van der Waals surface area contributed by atoms with Crippen LogP contribution in [0.15, 0.2) is 42.5 Å². The number of amides is 3. The van der Waals surface area contributed by atoms with Crippen molar-refractivity contribution in [2.24, 2.45) is 0 Å². The molecule has 164 valence electrons. The van der Waals surface area contributed by atoms with Crippen LogP contribution in [-0.4, -0.2) is 66.8 Å². The molecule has 0 bridgehead atoms. The van der Waals surface area contributed by atoms with Gasteiger partial charge in [0.1, 0.15) is 0 Å². The van der Waals surface area contributed by atoms with Gasteiger partial charge >= 0.3 is 0 Å². The molecule has 0 unspecified atom stereocenters. The first-order valence-corrected chi connectivity index (χ1v) is 10.7. The van der Waals surface area contributed by atoms with E-state index in [1.807, 2.05) is 4.90 Å². The molecule has 0 aliphatic carbocycles. The lowest BCUT2D eigenvalue weighted by Crippen LogP contribution is -2.52. The normalized spacial score (nSPS) is 14.2. The zero-order valence-corrected chi connectivity index (χ0v) is 18.8. The number of nitrogens with one attached hydrogen (secondary N) is 2. The average molecular weight is 484 g/mol. The van der Waals surface area contributed by atoms with E-state index in [4.69, 9.17) is 34.8 Å². The van der Waals surface area contributed by atoms with Crippen LogP contribution in [0.4, 0.5) is 5.69 Å². The van der Waals surface area contributed by atoms with E-state index in [0.717, 1.165) is 0 Å². The Morgan fingerprint density at radius 3 is 2.29 bits per heavy atom. The van der Waals surface area contributed by atoms with Crippen LogP contribution in [0.2, 0.25) is 15.1 Å². The molecule has 0 saturated carbocycles. The highest BCUT2D eigenvalue weighted by atomic mass is 35.5. The molecule has 2 aromatic carbocycles. The van der Waals surface area contributed by atoms with Crippen molar-refractivity contribution >= 4 is 58.2 Å². The van der Waals surface area contributed by atoms with Crippen molar-refractivity contribution < 1.29 is 14.4 Å². The maximum Gasteiger partial charge on any atom is 0.253 e. The van der Waals surface area contributed by atoms with Gasteiger partial charge < -0.3 is 15.5 Å². The van der Waals surface area contributed by atoms with Crippen LogP contribution < -0.4 is 10.6 Å². The predicted octanol–water partition coefficient (Wildman–Crippen LogP) is 3.16. The van der Waals surface area contributed by atoms with Crippen LogP contribution in [0.1, 0.15) is 10.4 Å². The second kappa shape index (κ2) is 10.8. The minimum absolute atomic E-state index is 0.134. The van der Waals surface area contributed by atoms with Crippen molar-refractivity contribution in [2.45, 2.75) is 0 Å². The second-order valence-electron chi connectivity index (χ2n) is 6.99. The summed E-state index contributed by atoms with van der Waals surface area (Å²) in [5, 5.41) is 6.50. The Hall–Kier alpha value is -2.32. The number of rotatable bonds is 6.